The molecular weight excluding hydrogens is 703 g/mol. The van der Waals surface area contributed by atoms with Gasteiger partial charge in [-0.15, -0.1) is 0 Å². The third kappa shape index (κ3) is 10.5. The number of nitrogens with zero attached hydrogens (tertiary/aromatic N) is 7. The molecule has 2 aliphatic rings. The number of thioether (sulfide) groups is 1. The number of benzene rings is 2. The molecule has 0 aliphatic carbocycles. The van der Waals surface area contributed by atoms with Gasteiger partial charge in [-0.05, 0) is 74.9 Å². The van der Waals surface area contributed by atoms with Crippen molar-refractivity contribution >= 4 is 46.2 Å². The molecule has 3 aromatic heterocycles. The highest BCUT2D eigenvalue weighted by molar-refractivity contribution is 7.99. The van der Waals surface area contributed by atoms with Crippen molar-refractivity contribution in [2.24, 2.45) is 0 Å². The van der Waals surface area contributed by atoms with Crippen molar-refractivity contribution in [2.75, 3.05) is 50.9 Å². The first-order valence-electron chi connectivity index (χ1n) is 18.5. The molecule has 54 heavy (non-hydrogen) atoms. The van der Waals surface area contributed by atoms with Gasteiger partial charge in [0.05, 0.1) is 31.3 Å². The molecule has 0 spiro atoms. The summed E-state index contributed by atoms with van der Waals surface area (Å²) in [5.74, 6) is 1.49. The average Bonchev–Trinajstić information content (AvgIpc) is 3.97. The Hall–Kier alpha value is -5.05. The molecule has 7 rings (SSSR count). The van der Waals surface area contributed by atoms with Crippen molar-refractivity contribution in [3.8, 4) is 28.5 Å². The first-order chi connectivity index (χ1) is 26.3. The van der Waals surface area contributed by atoms with E-state index in [9.17, 15) is 9.59 Å². The number of H-pyrrole nitrogens is 1. The standard InChI is InChI=1S/C22H29N5O2S.C16H16N4O2.C2H6/c1-30-20-8-9-25(14-20)15-21(29)26-10-6-18(7-11-26)17-2-4-19(5-3-17)22-23-16-27(24-22)12-13-28;1-10(2)22-15-6-3-11(8-17-15)16-13-7-12(18-9-21)4-5-14(13)19-20-16;1-2/h2-6,16,20,28H,7-15H2,1H3;3-10H,1-2H3,(H,18,21)(H,19,20);1-2H3/t20-;;/m0../s1. The fourth-order valence-electron chi connectivity index (χ4n) is 6.28. The van der Waals surface area contributed by atoms with Gasteiger partial charge >= 0.3 is 0 Å². The number of nitrogens with one attached hydrogen (secondary N) is 2. The Balaban J connectivity index is 0.000000207. The number of hydrogen-bond acceptors (Lipinski definition) is 10. The molecule has 3 N–H and O–H groups in total. The number of fused-ring (bicyclic) bond motifs is 1. The van der Waals surface area contributed by atoms with Crippen LogP contribution in [-0.4, -0.2) is 114 Å². The minimum Gasteiger partial charge on any atom is -0.475 e. The number of hydrogen-bond donors (Lipinski definition) is 3. The van der Waals surface area contributed by atoms with Gasteiger partial charge < -0.3 is 20.1 Å². The molecule has 0 bridgehead atoms. The van der Waals surface area contributed by atoms with Crippen LogP contribution in [0.15, 0.2) is 73.2 Å². The number of aromatic amines is 1. The Bertz CT molecular complexity index is 1980. The maximum absolute atomic E-state index is 12.7. The zero-order valence-electron chi connectivity index (χ0n) is 31.7. The Morgan fingerprint density at radius 2 is 1.85 bits per heavy atom. The van der Waals surface area contributed by atoms with Crippen molar-refractivity contribution in [1.82, 2.24) is 39.7 Å². The van der Waals surface area contributed by atoms with Crippen molar-refractivity contribution in [3.63, 3.8) is 0 Å². The number of rotatable bonds is 12. The predicted octanol–water partition coefficient (Wildman–Crippen LogP) is 6.00. The number of pyridine rings is 1. The number of aromatic nitrogens is 6. The topological polar surface area (TPSA) is 154 Å². The summed E-state index contributed by atoms with van der Waals surface area (Å²) in [6.07, 6.45) is 10.5. The van der Waals surface area contributed by atoms with E-state index in [4.69, 9.17) is 9.84 Å². The summed E-state index contributed by atoms with van der Waals surface area (Å²) in [5.41, 5.74) is 6.71. The molecular formula is C40H51N9O4S. The second-order valence-electron chi connectivity index (χ2n) is 13.0. The van der Waals surface area contributed by atoms with Crippen molar-refractivity contribution in [2.45, 2.75) is 58.4 Å². The van der Waals surface area contributed by atoms with Crippen LogP contribution in [0.5, 0.6) is 5.88 Å². The lowest BCUT2D eigenvalue weighted by molar-refractivity contribution is -0.131. The van der Waals surface area contributed by atoms with E-state index >= 15 is 0 Å². The van der Waals surface area contributed by atoms with Crippen molar-refractivity contribution in [3.05, 3.63) is 78.8 Å². The van der Waals surface area contributed by atoms with Crippen LogP contribution >= 0.6 is 11.8 Å². The van der Waals surface area contributed by atoms with Crippen LogP contribution in [0.4, 0.5) is 5.69 Å². The van der Waals surface area contributed by atoms with Gasteiger partial charge in [-0.25, -0.2) is 9.97 Å². The molecule has 2 amide bonds. The number of likely N-dealkylation sites (tertiary alicyclic amines) is 1. The minimum atomic E-state index is 0.0474. The zero-order chi connectivity index (χ0) is 38.5. The lowest BCUT2D eigenvalue weighted by Gasteiger charge is -2.28. The Labute approximate surface area is 321 Å². The van der Waals surface area contributed by atoms with Gasteiger partial charge in [0.15, 0.2) is 5.82 Å². The van der Waals surface area contributed by atoms with Crippen LogP contribution in [0.2, 0.25) is 0 Å². The summed E-state index contributed by atoms with van der Waals surface area (Å²) in [6, 6.07) is 17.6. The van der Waals surface area contributed by atoms with Gasteiger partial charge in [0, 0.05) is 59.3 Å². The first-order valence-corrected chi connectivity index (χ1v) is 19.8. The van der Waals surface area contributed by atoms with Crippen LogP contribution in [0, 0.1) is 0 Å². The summed E-state index contributed by atoms with van der Waals surface area (Å²) in [4.78, 5) is 36.1. The molecule has 2 aromatic carbocycles. The molecule has 1 atom stereocenters. The molecule has 2 aliphatic heterocycles. The molecule has 0 saturated carbocycles. The maximum Gasteiger partial charge on any atom is 0.237 e. The van der Waals surface area contributed by atoms with E-state index in [0.29, 0.717) is 43.0 Å². The van der Waals surface area contributed by atoms with Crippen LogP contribution in [0.25, 0.3) is 39.1 Å². The number of carbonyl (C=O) groups excluding carboxylic acids is 2. The minimum absolute atomic E-state index is 0.0474. The highest BCUT2D eigenvalue weighted by atomic mass is 32.2. The van der Waals surface area contributed by atoms with Crippen LogP contribution in [0.3, 0.4) is 0 Å². The maximum atomic E-state index is 12.7. The number of anilines is 1. The Kier molecular flexibility index (Phi) is 14.8. The largest absolute Gasteiger partial charge is 0.475 e. The molecule has 0 radical (unpaired) electrons. The molecule has 286 valence electrons. The third-order valence-electron chi connectivity index (χ3n) is 9.02. The highest BCUT2D eigenvalue weighted by Gasteiger charge is 2.26. The number of amides is 2. The lowest BCUT2D eigenvalue weighted by Crippen LogP contribution is -2.41. The Morgan fingerprint density at radius 1 is 1.07 bits per heavy atom. The van der Waals surface area contributed by atoms with Crippen LogP contribution < -0.4 is 10.1 Å². The molecule has 14 heteroatoms. The number of ether oxygens (including phenoxy) is 1. The van der Waals surface area contributed by atoms with E-state index in [0.717, 1.165) is 59.5 Å². The average molecular weight is 754 g/mol. The number of carbonyl (C=O) groups is 2. The van der Waals surface area contributed by atoms with Crippen molar-refractivity contribution in [1.29, 1.82) is 0 Å². The Morgan fingerprint density at radius 3 is 2.50 bits per heavy atom. The fourth-order valence-corrected chi connectivity index (χ4v) is 6.98. The number of aliphatic hydroxyl groups is 1. The van der Waals surface area contributed by atoms with Crippen molar-refractivity contribution < 1.29 is 19.4 Å². The third-order valence-corrected chi connectivity index (χ3v) is 10.1. The van der Waals surface area contributed by atoms with Crippen LogP contribution in [0.1, 0.15) is 46.1 Å². The highest BCUT2D eigenvalue weighted by Crippen LogP contribution is 2.29. The van der Waals surface area contributed by atoms with E-state index in [-0.39, 0.29) is 18.6 Å². The fraction of sp³-hybridized carbons (Fsp3) is 0.400. The SMILES string of the molecule is CC.CC(C)Oc1ccc(-c2n[nH]c3ccc(NC=O)cc23)cn1.CS[C@H]1CCN(CC(=O)N2CC=C(c3ccc(-c4ncn(CCO)n4)cc3)CC2)C1. The molecule has 5 heterocycles. The normalized spacial score (nSPS) is 15.6. The molecule has 13 nitrogen and oxygen atoms in total. The van der Waals surface area contributed by atoms with Crippen LogP contribution in [-0.2, 0) is 16.1 Å². The second kappa shape index (κ2) is 19.9. The summed E-state index contributed by atoms with van der Waals surface area (Å²) in [6.45, 7) is 12.5. The van der Waals surface area contributed by atoms with E-state index in [1.165, 1.54) is 17.6 Å². The monoisotopic (exact) mass is 753 g/mol. The van der Waals surface area contributed by atoms with Gasteiger partial charge in [-0.1, -0.05) is 44.2 Å². The van der Waals surface area contributed by atoms with E-state index < -0.39 is 0 Å². The van der Waals surface area contributed by atoms with Gasteiger partial charge in [0.1, 0.15) is 12.0 Å². The smallest absolute Gasteiger partial charge is 0.237 e. The summed E-state index contributed by atoms with van der Waals surface area (Å²) in [7, 11) is 0. The lowest BCUT2D eigenvalue weighted by atomic mass is 9.98. The summed E-state index contributed by atoms with van der Waals surface area (Å²) < 4.78 is 7.18. The quantitative estimate of drug-likeness (QED) is 0.129. The van der Waals surface area contributed by atoms with Gasteiger partial charge in [-0.3, -0.25) is 24.3 Å². The molecule has 0 unspecified atom stereocenters. The van der Waals surface area contributed by atoms with Gasteiger partial charge in [-0.2, -0.15) is 22.0 Å². The van der Waals surface area contributed by atoms with E-state index in [1.54, 1.807) is 17.2 Å². The number of aliphatic hydroxyl groups excluding tert-OH is 1. The van der Waals surface area contributed by atoms with E-state index in [1.807, 2.05) is 86.8 Å². The second-order valence-corrected chi connectivity index (χ2v) is 14.1. The van der Waals surface area contributed by atoms with Gasteiger partial charge in [0.2, 0.25) is 18.2 Å². The predicted molar refractivity (Wildman–Crippen MR) is 216 cm³/mol. The van der Waals surface area contributed by atoms with E-state index in [2.05, 4.69) is 59.9 Å². The first kappa shape index (κ1) is 40.1. The molecule has 1 saturated heterocycles. The molecule has 1 fully saturated rings. The van der Waals surface area contributed by atoms with Gasteiger partial charge in [0.25, 0.3) is 0 Å². The summed E-state index contributed by atoms with van der Waals surface area (Å²) >= 11 is 1.90. The summed E-state index contributed by atoms with van der Waals surface area (Å²) in [5, 5.41) is 24.9. The zero-order valence-corrected chi connectivity index (χ0v) is 32.6. The molecule has 5 aromatic rings.